The number of rotatable bonds is 5. The Labute approximate surface area is 97.3 Å². The van der Waals surface area contributed by atoms with E-state index in [0.717, 1.165) is 17.7 Å². The Kier molecular flexibility index (Phi) is 4.87. The minimum Gasteiger partial charge on any atom is -0.398 e. The van der Waals surface area contributed by atoms with Gasteiger partial charge in [0.25, 0.3) is 0 Å². The molecule has 0 aromatic heterocycles. The molecule has 0 aliphatic rings. The summed E-state index contributed by atoms with van der Waals surface area (Å²) in [5.41, 5.74) is 8.82. The lowest BCUT2D eigenvalue weighted by atomic mass is 10.1. The standard InChI is InChI=1S/C15H17N/c1-3-8-14(4-2)15(16)12-11-13-9-6-5-7-10-13/h3-10,12H,1-2,11,16H2/b14-8+,15-12-. The molecular weight excluding hydrogens is 194 g/mol. The van der Waals surface area contributed by atoms with E-state index in [4.69, 9.17) is 5.73 Å². The van der Waals surface area contributed by atoms with Crippen molar-refractivity contribution in [2.75, 3.05) is 0 Å². The Morgan fingerprint density at radius 3 is 2.44 bits per heavy atom. The molecule has 2 N–H and O–H groups in total. The van der Waals surface area contributed by atoms with Gasteiger partial charge in [0.1, 0.15) is 0 Å². The van der Waals surface area contributed by atoms with E-state index in [0.29, 0.717) is 0 Å². The first kappa shape index (κ1) is 12.1. The fourth-order valence-corrected chi connectivity index (χ4v) is 1.37. The maximum atomic E-state index is 5.94. The van der Waals surface area contributed by atoms with Crippen molar-refractivity contribution in [1.82, 2.24) is 0 Å². The van der Waals surface area contributed by atoms with E-state index < -0.39 is 0 Å². The van der Waals surface area contributed by atoms with Crippen LogP contribution in [0.1, 0.15) is 5.56 Å². The summed E-state index contributed by atoms with van der Waals surface area (Å²) in [6, 6.07) is 10.2. The van der Waals surface area contributed by atoms with E-state index in [1.165, 1.54) is 5.56 Å². The molecule has 0 aliphatic heterocycles. The molecule has 0 heterocycles. The topological polar surface area (TPSA) is 26.0 Å². The fourth-order valence-electron chi connectivity index (χ4n) is 1.37. The lowest BCUT2D eigenvalue weighted by Crippen LogP contribution is -2.00. The van der Waals surface area contributed by atoms with Gasteiger partial charge < -0.3 is 5.73 Å². The molecule has 1 nitrogen and oxygen atoms in total. The van der Waals surface area contributed by atoms with Gasteiger partial charge in [-0.15, -0.1) is 0 Å². The predicted octanol–water partition coefficient (Wildman–Crippen LogP) is 3.37. The second-order valence-corrected chi connectivity index (χ2v) is 3.41. The SMILES string of the molecule is C=C/C=C(C=C)/C(N)=C/Cc1ccccc1. The van der Waals surface area contributed by atoms with Crippen molar-refractivity contribution in [3.63, 3.8) is 0 Å². The van der Waals surface area contributed by atoms with Gasteiger partial charge in [0, 0.05) is 5.70 Å². The predicted molar refractivity (Wildman–Crippen MR) is 70.9 cm³/mol. The average molecular weight is 211 g/mol. The highest BCUT2D eigenvalue weighted by atomic mass is 14.6. The van der Waals surface area contributed by atoms with Gasteiger partial charge >= 0.3 is 0 Å². The summed E-state index contributed by atoms with van der Waals surface area (Å²) in [6.07, 6.45) is 8.11. The van der Waals surface area contributed by atoms with E-state index in [2.05, 4.69) is 25.3 Å². The minimum atomic E-state index is 0.735. The lowest BCUT2D eigenvalue weighted by Gasteiger charge is -2.02. The van der Waals surface area contributed by atoms with Crippen molar-refractivity contribution in [3.8, 4) is 0 Å². The van der Waals surface area contributed by atoms with Crippen LogP contribution in [0.5, 0.6) is 0 Å². The summed E-state index contributed by atoms with van der Waals surface area (Å²) in [6.45, 7) is 7.36. The van der Waals surface area contributed by atoms with Crippen LogP contribution in [0.25, 0.3) is 0 Å². The first-order chi connectivity index (χ1) is 7.77. The van der Waals surface area contributed by atoms with Gasteiger partial charge in [-0.2, -0.15) is 0 Å². The summed E-state index contributed by atoms with van der Waals surface area (Å²) in [4.78, 5) is 0. The molecule has 0 spiro atoms. The molecule has 1 aromatic carbocycles. The average Bonchev–Trinajstić information content (AvgIpc) is 2.34. The third-order valence-electron chi connectivity index (χ3n) is 2.25. The number of hydrogen-bond donors (Lipinski definition) is 1. The smallest absolute Gasteiger partial charge is 0.0350 e. The molecule has 1 rings (SSSR count). The van der Waals surface area contributed by atoms with Crippen LogP contribution in [0.2, 0.25) is 0 Å². The summed E-state index contributed by atoms with van der Waals surface area (Å²) in [7, 11) is 0. The maximum Gasteiger partial charge on any atom is 0.0350 e. The van der Waals surface area contributed by atoms with Gasteiger partial charge in [0.05, 0.1) is 0 Å². The van der Waals surface area contributed by atoms with Crippen molar-refractivity contribution in [2.24, 2.45) is 5.73 Å². The van der Waals surface area contributed by atoms with Crippen LogP contribution in [0, 0.1) is 0 Å². The van der Waals surface area contributed by atoms with Gasteiger partial charge in [-0.25, -0.2) is 0 Å². The second kappa shape index (κ2) is 6.46. The molecule has 1 heteroatoms. The Hall–Kier alpha value is -2.02. The van der Waals surface area contributed by atoms with Gasteiger partial charge in [-0.1, -0.05) is 67.8 Å². The molecule has 0 radical (unpaired) electrons. The summed E-state index contributed by atoms with van der Waals surface area (Å²) >= 11 is 0. The molecule has 82 valence electrons. The van der Waals surface area contributed by atoms with E-state index in [1.54, 1.807) is 12.2 Å². The fraction of sp³-hybridized carbons (Fsp3) is 0.0667. The Morgan fingerprint density at radius 2 is 1.88 bits per heavy atom. The van der Waals surface area contributed by atoms with Crippen LogP contribution < -0.4 is 5.73 Å². The normalized spacial score (nSPS) is 12.2. The van der Waals surface area contributed by atoms with Crippen LogP contribution in [0.3, 0.4) is 0 Å². The molecule has 0 unspecified atom stereocenters. The summed E-state index contributed by atoms with van der Waals surface area (Å²) in [5.74, 6) is 0. The summed E-state index contributed by atoms with van der Waals surface area (Å²) in [5, 5.41) is 0. The van der Waals surface area contributed by atoms with Crippen LogP contribution in [0.4, 0.5) is 0 Å². The first-order valence-electron chi connectivity index (χ1n) is 5.23. The largest absolute Gasteiger partial charge is 0.398 e. The Bertz CT molecular complexity index is 410. The number of hydrogen-bond acceptors (Lipinski definition) is 1. The van der Waals surface area contributed by atoms with E-state index >= 15 is 0 Å². The molecule has 1 aromatic rings. The minimum absolute atomic E-state index is 0.735. The highest BCUT2D eigenvalue weighted by molar-refractivity contribution is 5.39. The van der Waals surface area contributed by atoms with E-state index in [9.17, 15) is 0 Å². The molecule has 0 amide bonds. The van der Waals surface area contributed by atoms with Crippen molar-refractivity contribution in [2.45, 2.75) is 6.42 Å². The van der Waals surface area contributed by atoms with Crippen molar-refractivity contribution < 1.29 is 0 Å². The van der Waals surface area contributed by atoms with Crippen LogP contribution in [-0.4, -0.2) is 0 Å². The Morgan fingerprint density at radius 1 is 1.19 bits per heavy atom. The molecule has 0 atom stereocenters. The maximum absolute atomic E-state index is 5.94. The molecule has 16 heavy (non-hydrogen) atoms. The summed E-state index contributed by atoms with van der Waals surface area (Å²) < 4.78 is 0. The van der Waals surface area contributed by atoms with Crippen LogP contribution in [0.15, 0.2) is 79.1 Å². The van der Waals surface area contributed by atoms with Gasteiger partial charge in [-0.05, 0) is 17.6 Å². The van der Waals surface area contributed by atoms with Crippen LogP contribution >= 0.6 is 0 Å². The molecular formula is C15H17N. The van der Waals surface area contributed by atoms with Gasteiger partial charge in [0.2, 0.25) is 0 Å². The number of benzene rings is 1. The first-order valence-corrected chi connectivity index (χ1v) is 5.23. The monoisotopic (exact) mass is 211 g/mol. The molecule has 0 bridgehead atoms. The number of allylic oxidation sites excluding steroid dienone is 4. The third-order valence-corrected chi connectivity index (χ3v) is 2.25. The third kappa shape index (κ3) is 3.62. The van der Waals surface area contributed by atoms with E-state index in [1.807, 2.05) is 30.4 Å². The van der Waals surface area contributed by atoms with Gasteiger partial charge in [-0.3, -0.25) is 0 Å². The zero-order valence-electron chi connectivity index (χ0n) is 9.39. The zero-order valence-corrected chi connectivity index (χ0v) is 9.39. The molecule has 0 aliphatic carbocycles. The molecule has 0 fully saturated rings. The van der Waals surface area contributed by atoms with Crippen molar-refractivity contribution in [3.05, 3.63) is 84.6 Å². The zero-order chi connectivity index (χ0) is 11.8. The highest BCUT2D eigenvalue weighted by Gasteiger charge is 1.95. The highest BCUT2D eigenvalue weighted by Crippen LogP contribution is 2.08. The van der Waals surface area contributed by atoms with E-state index in [-0.39, 0.29) is 0 Å². The van der Waals surface area contributed by atoms with Crippen molar-refractivity contribution >= 4 is 0 Å². The van der Waals surface area contributed by atoms with Crippen molar-refractivity contribution in [1.29, 1.82) is 0 Å². The number of nitrogens with two attached hydrogens (primary N) is 1. The van der Waals surface area contributed by atoms with Crippen LogP contribution in [-0.2, 0) is 6.42 Å². The Balaban J connectivity index is 2.74. The quantitative estimate of drug-likeness (QED) is 0.742. The lowest BCUT2D eigenvalue weighted by molar-refractivity contribution is 1.21. The molecule has 0 saturated heterocycles. The van der Waals surface area contributed by atoms with Gasteiger partial charge in [0.15, 0.2) is 0 Å². The second-order valence-electron chi connectivity index (χ2n) is 3.41. The molecule has 0 saturated carbocycles.